The van der Waals surface area contributed by atoms with E-state index in [1.165, 1.54) is 0 Å². The molecule has 0 spiro atoms. The molecule has 2 N–H and O–H groups in total. The van der Waals surface area contributed by atoms with Crippen LogP contribution in [0.2, 0.25) is 5.02 Å². The number of carbonyl (C=O) groups is 2. The van der Waals surface area contributed by atoms with Gasteiger partial charge < -0.3 is 5.32 Å². The van der Waals surface area contributed by atoms with Gasteiger partial charge in [-0.3, -0.25) is 9.59 Å². The Bertz CT molecular complexity index is 1150. The lowest BCUT2D eigenvalue weighted by atomic mass is 9.98. The van der Waals surface area contributed by atoms with Crippen molar-refractivity contribution >= 4 is 29.6 Å². The van der Waals surface area contributed by atoms with Crippen molar-refractivity contribution in [3.63, 3.8) is 0 Å². The molecule has 4 rings (SSSR count). The minimum absolute atomic E-state index is 0.266. The van der Waals surface area contributed by atoms with E-state index < -0.39 is 12.1 Å². The molecule has 1 aliphatic heterocycles. The Kier molecular flexibility index (Phi) is 5.87. The molecule has 2 atom stereocenters. The zero-order valence-corrected chi connectivity index (χ0v) is 18.1. The molecule has 0 aromatic heterocycles. The van der Waals surface area contributed by atoms with E-state index in [2.05, 4.69) is 10.7 Å². The third-order valence-electron chi connectivity index (χ3n) is 5.42. The van der Waals surface area contributed by atoms with Crippen molar-refractivity contribution in [1.29, 1.82) is 0 Å². The Hall–Kier alpha value is -3.44. The first kappa shape index (κ1) is 20.8. The molecule has 0 saturated carbocycles. The molecule has 0 aliphatic carbocycles. The fourth-order valence-corrected chi connectivity index (χ4v) is 3.78. The maximum Gasteiger partial charge on any atom is 0.304 e. The average Bonchev–Trinajstić information content (AvgIpc) is 3.05. The number of halogens is 1. The van der Waals surface area contributed by atoms with Gasteiger partial charge in [0, 0.05) is 21.7 Å². The van der Waals surface area contributed by atoms with Crippen LogP contribution >= 0.6 is 11.6 Å². The lowest BCUT2D eigenvalue weighted by Gasteiger charge is -2.15. The first-order chi connectivity index (χ1) is 14.9. The number of hydrogen-bond acceptors (Lipinski definition) is 2. The molecular formula is C25H23ClN3O2+. The molecule has 0 radical (unpaired) electrons. The molecule has 1 heterocycles. The van der Waals surface area contributed by atoms with Gasteiger partial charge in [0.1, 0.15) is 0 Å². The van der Waals surface area contributed by atoms with Gasteiger partial charge in [-0.1, -0.05) is 59.6 Å². The summed E-state index contributed by atoms with van der Waals surface area (Å²) < 4.78 is 1.78. The van der Waals surface area contributed by atoms with Crippen LogP contribution in [0.25, 0.3) is 0 Å². The summed E-state index contributed by atoms with van der Waals surface area (Å²) in [6, 6.07) is 21.4. The summed E-state index contributed by atoms with van der Waals surface area (Å²) in [6.45, 7) is 4.03. The van der Waals surface area contributed by atoms with Crippen molar-refractivity contribution in [2.45, 2.75) is 25.9 Å². The summed E-state index contributed by atoms with van der Waals surface area (Å²) in [5.41, 5.74) is 7.49. The summed E-state index contributed by atoms with van der Waals surface area (Å²) in [4.78, 5) is 25.8. The molecule has 0 unspecified atom stereocenters. The van der Waals surface area contributed by atoms with Gasteiger partial charge in [0.25, 0.3) is 5.91 Å². The highest BCUT2D eigenvalue weighted by Crippen LogP contribution is 2.26. The second-order valence-electron chi connectivity index (χ2n) is 7.68. The third kappa shape index (κ3) is 4.52. The smallest absolute Gasteiger partial charge is 0.304 e. The van der Waals surface area contributed by atoms with E-state index in [-0.39, 0.29) is 11.8 Å². The van der Waals surface area contributed by atoms with Crippen molar-refractivity contribution < 1.29 is 14.3 Å². The van der Waals surface area contributed by atoms with Gasteiger partial charge in [-0.15, -0.1) is 10.1 Å². The van der Waals surface area contributed by atoms with Crippen LogP contribution in [0.3, 0.4) is 0 Å². The third-order valence-corrected chi connectivity index (χ3v) is 5.67. The van der Waals surface area contributed by atoms with Crippen molar-refractivity contribution in [2.75, 3.05) is 0 Å². The molecule has 3 aromatic rings. The lowest BCUT2D eigenvalue weighted by Crippen LogP contribution is -2.42. The number of amides is 2. The number of nitrogens with zero attached hydrogens (tertiary/aromatic N) is 1. The molecule has 6 heteroatoms. The number of hydrazine groups is 1. The van der Waals surface area contributed by atoms with Crippen LogP contribution in [0.1, 0.15) is 38.7 Å². The zero-order chi connectivity index (χ0) is 22.0. The maximum atomic E-state index is 12.9. The summed E-state index contributed by atoms with van der Waals surface area (Å²) in [6.07, 6.45) is 1.91. The standard InChI is InChI=1S/C25H22ClN3O2/c1-16-7-9-18(10-8-16)23-22(27-24(30)19-11-13-21(26)14-12-19)25(31)28-29(23)15-20-6-4-3-5-17(20)2/h3-15,22-23H,1-2H3,(H-,27,28,30,31)/p+1/b29-15-/t22-,23+/m1/s1. The Morgan fingerprint density at radius 2 is 1.68 bits per heavy atom. The van der Waals surface area contributed by atoms with Crippen LogP contribution in [0.5, 0.6) is 0 Å². The molecule has 0 bridgehead atoms. The first-order valence-electron chi connectivity index (χ1n) is 10.0. The van der Waals surface area contributed by atoms with Gasteiger partial charge in [-0.05, 0) is 49.7 Å². The molecule has 5 nitrogen and oxygen atoms in total. The Balaban J connectivity index is 1.71. The Labute approximate surface area is 186 Å². The molecule has 1 aliphatic rings. The van der Waals surface area contributed by atoms with Gasteiger partial charge in [0.2, 0.25) is 12.3 Å². The predicted molar refractivity (Wildman–Crippen MR) is 121 cm³/mol. The molecule has 3 aromatic carbocycles. The largest absolute Gasteiger partial charge is 0.334 e. The average molecular weight is 433 g/mol. The first-order valence-corrected chi connectivity index (χ1v) is 10.4. The maximum absolute atomic E-state index is 12.9. The molecule has 1 fully saturated rings. The number of rotatable bonds is 4. The number of hydrogen-bond donors (Lipinski definition) is 2. The quantitative estimate of drug-likeness (QED) is 0.613. The van der Waals surface area contributed by atoms with Crippen molar-refractivity contribution in [2.24, 2.45) is 0 Å². The van der Waals surface area contributed by atoms with Crippen LogP contribution in [0, 0.1) is 13.8 Å². The van der Waals surface area contributed by atoms with Crippen LogP contribution < -0.4 is 10.7 Å². The second kappa shape index (κ2) is 8.74. The molecular weight excluding hydrogens is 410 g/mol. The van der Waals surface area contributed by atoms with E-state index in [1.807, 2.05) is 68.6 Å². The Morgan fingerprint density at radius 1 is 1.00 bits per heavy atom. The minimum Gasteiger partial charge on any atom is -0.334 e. The Morgan fingerprint density at radius 3 is 2.35 bits per heavy atom. The summed E-state index contributed by atoms with van der Waals surface area (Å²) >= 11 is 5.93. The molecule has 31 heavy (non-hydrogen) atoms. The highest BCUT2D eigenvalue weighted by Gasteiger charge is 2.47. The van der Waals surface area contributed by atoms with Crippen molar-refractivity contribution in [3.8, 4) is 0 Å². The highest BCUT2D eigenvalue weighted by atomic mass is 35.5. The second-order valence-corrected chi connectivity index (χ2v) is 8.12. The molecule has 2 amide bonds. The topological polar surface area (TPSA) is 61.2 Å². The van der Waals surface area contributed by atoms with E-state index in [1.54, 1.807) is 28.9 Å². The van der Waals surface area contributed by atoms with Gasteiger partial charge in [0.15, 0.2) is 6.04 Å². The highest BCUT2D eigenvalue weighted by molar-refractivity contribution is 6.30. The number of nitrogens with one attached hydrogen (secondary N) is 2. The van der Waals surface area contributed by atoms with E-state index in [0.717, 1.165) is 22.3 Å². The SMILES string of the molecule is Cc1ccc([C@H]2[C@@H](NC(=O)c3ccc(Cl)cc3)C(=O)N/[N+]2=C\c2ccccc2C)cc1. The van der Waals surface area contributed by atoms with Crippen LogP contribution in [0.15, 0.2) is 72.8 Å². The monoisotopic (exact) mass is 432 g/mol. The van der Waals surface area contributed by atoms with Gasteiger partial charge >= 0.3 is 5.91 Å². The number of aryl methyl sites for hydroxylation is 2. The van der Waals surface area contributed by atoms with E-state index >= 15 is 0 Å². The predicted octanol–water partition coefficient (Wildman–Crippen LogP) is 3.97. The van der Waals surface area contributed by atoms with Crippen LogP contribution in [0.4, 0.5) is 0 Å². The van der Waals surface area contributed by atoms with E-state index in [9.17, 15) is 9.59 Å². The van der Waals surface area contributed by atoms with Gasteiger partial charge in [-0.2, -0.15) is 0 Å². The van der Waals surface area contributed by atoms with Crippen LogP contribution in [-0.2, 0) is 4.79 Å². The number of carbonyl (C=O) groups excluding carboxylic acids is 2. The molecule has 156 valence electrons. The fraction of sp³-hybridized carbons (Fsp3) is 0.160. The van der Waals surface area contributed by atoms with Crippen molar-refractivity contribution in [1.82, 2.24) is 10.7 Å². The van der Waals surface area contributed by atoms with E-state index in [0.29, 0.717) is 10.6 Å². The van der Waals surface area contributed by atoms with Crippen molar-refractivity contribution in [3.05, 3.63) is 106 Å². The fourth-order valence-electron chi connectivity index (χ4n) is 3.65. The minimum atomic E-state index is -0.758. The summed E-state index contributed by atoms with van der Waals surface area (Å²) in [5, 5.41) is 3.45. The lowest BCUT2D eigenvalue weighted by molar-refractivity contribution is -0.596. The summed E-state index contributed by atoms with van der Waals surface area (Å²) in [7, 11) is 0. The normalized spacial score (nSPS) is 19.3. The van der Waals surface area contributed by atoms with Crippen LogP contribution in [-0.4, -0.2) is 28.8 Å². The van der Waals surface area contributed by atoms with Gasteiger partial charge in [-0.25, -0.2) is 0 Å². The van der Waals surface area contributed by atoms with Gasteiger partial charge in [0.05, 0.1) is 0 Å². The summed E-state index contributed by atoms with van der Waals surface area (Å²) in [5.74, 6) is -0.593. The zero-order valence-electron chi connectivity index (χ0n) is 17.3. The number of hydrazone groups is 1. The van der Waals surface area contributed by atoms with E-state index in [4.69, 9.17) is 11.6 Å². The number of benzene rings is 3. The molecule has 1 saturated heterocycles.